The number of piperazine rings is 1. The molecule has 1 saturated heterocycles. The van der Waals surface area contributed by atoms with Crippen molar-refractivity contribution in [1.82, 2.24) is 9.80 Å². The van der Waals surface area contributed by atoms with Crippen molar-refractivity contribution in [2.24, 2.45) is 0 Å². The van der Waals surface area contributed by atoms with E-state index in [1.165, 1.54) is 0 Å². The van der Waals surface area contributed by atoms with Gasteiger partial charge in [0.25, 0.3) is 0 Å². The summed E-state index contributed by atoms with van der Waals surface area (Å²) in [5, 5.41) is 2.87. The Hall–Kier alpha value is -2.24. The van der Waals surface area contributed by atoms with Crippen LogP contribution >= 0.6 is 0 Å². The number of rotatable bonds is 3. The third kappa shape index (κ3) is 3.40. The first-order valence-corrected chi connectivity index (χ1v) is 6.63. The van der Waals surface area contributed by atoms with Crippen molar-refractivity contribution in [2.75, 3.05) is 50.5 Å². The molecule has 3 amide bonds. The van der Waals surface area contributed by atoms with Crippen molar-refractivity contribution in [1.29, 1.82) is 0 Å². The van der Waals surface area contributed by atoms with Gasteiger partial charge in [0.15, 0.2) is 0 Å². The predicted octanol–water partition coefficient (Wildman–Crippen LogP) is 1.06. The van der Waals surface area contributed by atoms with Gasteiger partial charge in [-0.1, -0.05) is 0 Å². The molecule has 108 valence electrons. The highest BCUT2D eigenvalue weighted by Crippen LogP contribution is 2.16. The molecule has 1 aliphatic heterocycles. The molecule has 0 aromatic heterocycles. The predicted molar refractivity (Wildman–Crippen MR) is 79.0 cm³/mol. The number of nitrogens with one attached hydrogen (secondary N) is 1. The maximum absolute atomic E-state index is 12.1. The highest BCUT2D eigenvalue weighted by molar-refractivity contribution is 5.89. The monoisotopic (exact) mass is 276 g/mol. The average molecular weight is 276 g/mol. The minimum absolute atomic E-state index is 0.117. The minimum Gasteiger partial charge on any atom is -0.378 e. The molecule has 2 rings (SSSR count). The number of benzene rings is 1. The highest BCUT2D eigenvalue weighted by atomic mass is 16.2. The van der Waals surface area contributed by atoms with E-state index >= 15 is 0 Å². The third-order valence-corrected chi connectivity index (χ3v) is 3.39. The molecule has 1 heterocycles. The van der Waals surface area contributed by atoms with Crippen LogP contribution in [-0.2, 0) is 4.79 Å². The summed E-state index contributed by atoms with van der Waals surface area (Å²) >= 11 is 0. The molecule has 1 N–H and O–H groups in total. The topological polar surface area (TPSA) is 55.9 Å². The molecule has 20 heavy (non-hydrogen) atoms. The normalized spacial score (nSPS) is 14.9. The highest BCUT2D eigenvalue weighted by Gasteiger charge is 2.19. The Kier molecular flexibility index (Phi) is 4.45. The van der Waals surface area contributed by atoms with E-state index in [0.717, 1.165) is 17.8 Å². The lowest BCUT2D eigenvalue weighted by Crippen LogP contribution is -2.49. The fourth-order valence-corrected chi connectivity index (χ4v) is 2.08. The number of carbonyl (C=O) groups excluding carboxylic acids is 2. The van der Waals surface area contributed by atoms with E-state index in [9.17, 15) is 9.59 Å². The molecule has 1 aromatic carbocycles. The van der Waals surface area contributed by atoms with Gasteiger partial charge in [0, 0.05) is 51.6 Å². The molecule has 1 fully saturated rings. The van der Waals surface area contributed by atoms with Crippen LogP contribution < -0.4 is 10.2 Å². The van der Waals surface area contributed by atoms with Crippen molar-refractivity contribution in [3.05, 3.63) is 24.3 Å². The van der Waals surface area contributed by atoms with E-state index in [2.05, 4.69) is 5.32 Å². The molecule has 0 unspecified atom stereocenters. The summed E-state index contributed by atoms with van der Waals surface area (Å²) < 4.78 is 0. The lowest BCUT2D eigenvalue weighted by molar-refractivity contribution is -0.119. The van der Waals surface area contributed by atoms with E-state index < -0.39 is 0 Å². The Balaban J connectivity index is 1.89. The van der Waals surface area contributed by atoms with Crippen molar-refractivity contribution in [2.45, 2.75) is 0 Å². The quantitative estimate of drug-likeness (QED) is 0.840. The number of amides is 3. The Morgan fingerprint density at radius 1 is 1.15 bits per heavy atom. The maximum atomic E-state index is 12.1. The zero-order valence-electron chi connectivity index (χ0n) is 11.9. The second-order valence-corrected chi connectivity index (χ2v) is 5.00. The number of urea groups is 1. The third-order valence-electron chi connectivity index (χ3n) is 3.39. The number of anilines is 2. The Morgan fingerprint density at radius 2 is 1.75 bits per heavy atom. The molecule has 0 radical (unpaired) electrons. The van der Waals surface area contributed by atoms with Gasteiger partial charge in [-0.3, -0.25) is 4.79 Å². The molecular formula is C14H20N4O2. The zero-order chi connectivity index (χ0) is 14.5. The Labute approximate surface area is 118 Å². The van der Waals surface area contributed by atoms with Gasteiger partial charge in [-0.25, -0.2) is 4.79 Å². The summed E-state index contributed by atoms with van der Waals surface area (Å²) in [7, 11) is 3.94. The Bertz CT molecular complexity index is 465. The summed E-state index contributed by atoms with van der Waals surface area (Å²) in [6, 6.07) is 7.57. The molecule has 0 spiro atoms. The van der Waals surface area contributed by atoms with Crippen LogP contribution in [0.4, 0.5) is 16.2 Å². The minimum atomic E-state index is -0.117. The van der Waals surface area contributed by atoms with E-state index in [-0.39, 0.29) is 6.03 Å². The molecule has 6 nitrogen and oxygen atoms in total. The number of nitrogens with zero attached hydrogens (tertiary/aromatic N) is 3. The lowest BCUT2D eigenvalue weighted by atomic mass is 10.2. The number of hydrogen-bond acceptors (Lipinski definition) is 3. The first kappa shape index (κ1) is 14.2. The molecule has 0 bridgehead atoms. The molecule has 1 aliphatic rings. The second-order valence-electron chi connectivity index (χ2n) is 5.00. The molecule has 0 atom stereocenters. The van der Waals surface area contributed by atoms with Gasteiger partial charge >= 0.3 is 6.03 Å². The first-order chi connectivity index (χ1) is 9.60. The van der Waals surface area contributed by atoms with Gasteiger partial charge in [0.05, 0.1) is 0 Å². The summed E-state index contributed by atoms with van der Waals surface area (Å²) in [6.45, 7) is 2.33. The van der Waals surface area contributed by atoms with Gasteiger partial charge in [0.2, 0.25) is 6.41 Å². The largest absolute Gasteiger partial charge is 0.378 e. The van der Waals surface area contributed by atoms with Crippen LogP contribution in [0, 0.1) is 0 Å². The summed E-state index contributed by atoms with van der Waals surface area (Å²) in [4.78, 5) is 28.1. The average Bonchev–Trinajstić information content (AvgIpc) is 2.48. The van der Waals surface area contributed by atoms with E-state index in [4.69, 9.17) is 0 Å². The zero-order valence-corrected chi connectivity index (χ0v) is 11.9. The van der Waals surface area contributed by atoms with E-state index in [1.807, 2.05) is 43.3 Å². The van der Waals surface area contributed by atoms with E-state index in [0.29, 0.717) is 26.2 Å². The van der Waals surface area contributed by atoms with Crippen LogP contribution in [0.5, 0.6) is 0 Å². The maximum Gasteiger partial charge on any atom is 0.321 e. The van der Waals surface area contributed by atoms with Crippen molar-refractivity contribution in [3.8, 4) is 0 Å². The van der Waals surface area contributed by atoms with Gasteiger partial charge < -0.3 is 20.0 Å². The van der Waals surface area contributed by atoms with Crippen LogP contribution in [0.3, 0.4) is 0 Å². The molecule has 1 aromatic rings. The molecular weight excluding hydrogens is 256 g/mol. The van der Waals surface area contributed by atoms with Crippen molar-refractivity contribution in [3.63, 3.8) is 0 Å². The van der Waals surface area contributed by atoms with Gasteiger partial charge in [0.1, 0.15) is 0 Å². The lowest BCUT2D eigenvalue weighted by Gasteiger charge is -2.32. The SMILES string of the molecule is CN(C)c1ccc(NC(=O)N2CCN(C=O)CC2)cc1. The van der Waals surface area contributed by atoms with Gasteiger partial charge in [-0.2, -0.15) is 0 Å². The fourth-order valence-electron chi connectivity index (χ4n) is 2.08. The summed E-state index contributed by atoms with van der Waals surface area (Å²) in [6.07, 6.45) is 0.829. The van der Waals surface area contributed by atoms with E-state index in [1.54, 1.807) is 9.80 Å². The molecule has 0 saturated carbocycles. The second kappa shape index (κ2) is 6.27. The summed E-state index contributed by atoms with van der Waals surface area (Å²) in [5.74, 6) is 0. The first-order valence-electron chi connectivity index (χ1n) is 6.63. The van der Waals surface area contributed by atoms with Crippen LogP contribution in [0.25, 0.3) is 0 Å². The van der Waals surface area contributed by atoms with Gasteiger partial charge in [-0.05, 0) is 24.3 Å². The fraction of sp³-hybridized carbons (Fsp3) is 0.429. The van der Waals surface area contributed by atoms with Gasteiger partial charge in [-0.15, -0.1) is 0 Å². The summed E-state index contributed by atoms with van der Waals surface area (Å²) in [5.41, 5.74) is 1.86. The van der Waals surface area contributed by atoms with Crippen molar-refractivity contribution < 1.29 is 9.59 Å². The van der Waals surface area contributed by atoms with Crippen LogP contribution in [0.1, 0.15) is 0 Å². The standard InChI is InChI=1S/C14H20N4O2/c1-16(2)13-5-3-12(4-6-13)15-14(20)18-9-7-17(11-19)8-10-18/h3-6,11H,7-10H2,1-2H3,(H,15,20). The molecule has 6 heteroatoms. The Morgan fingerprint density at radius 3 is 2.25 bits per heavy atom. The smallest absolute Gasteiger partial charge is 0.321 e. The van der Waals surface area contributed by atoms with Crippen LogP contribution in [-0.4, -0.2) is 62.5 Å². The van der Waals surface area contributed by atoms with Crippen LogP contribution in [0.15, 0.2) is 24.3 Å². The number of hydrogen-bond donors (Lipinski definition) is 1. The number of carbonyl (C=O) groups is 2. The van der Waals surface area contributed by atoms with Crippen LogP contribution in [0.2, 0.25) is 0 Å². The molecule has 0 aliphatic carbocycles. The van der Waals surface area contributed by atoms with Crippen molar-refractivity contribution >= 4 is 23.8 Å².